The summed E-state index contributed by atoms with van der Waals surface area (Å²) in [4.78, 5) is 41.9. The van der Waals surface area contributed by atoms with E-state index in [1.54, 1.807) is 11.9 Å². The highest BCUT2D eigenvalue weighted by Crippen LogP contribution is 2.10. The Balaban J connectivity index is 1.82. The lowest BCUT2D eigenvalue weighted by Crippen LogP contribution is -2.44. The van der Waals surface area contributed by atoms with Gasteiger partial charge in [0.2, 0.25) is 11.8 Å². The zero-order valence-electron chi connectivity index (χ0n) is 16.6. The lowest BCUT2D eigenvalue weighted by molar-refractivity contribution is -0.135. The molecule has 154 valence electrons. The Hall–Kier alpha value is -2.48. The Morgan fingerprint density at radius 3 is 2.50 bits per heavy atom. The molecule has 28 heavy (non-hydrogen) atoms. The largest absolute Gasteiger partial charge is 0.355 e. The Morgan fingerprint density at radius 2 is 1.82 bits per heavy atom. The van der Waals surface area contributed by atoms with E-state index >= 15 is 0 Å². The number of benzene rings is 1. The molecule has 8 heteroatoms. The third-order valence-corrected chi connectivity index (χ3v) is 4.70. The third kappa shape index (κ3) is 6.60. The number of halogens is 1. The molecule has 0 unspecified atom stereocenters. The first-order valence-electron chi connectivity index (χ1n) is 9.68. The lowest BCUT2D eigenvalue weighted by atomic mass is 10.2. The fourth-order valence-corrected chi connectivity index (χ4v) is 3.04. The molecule has 1 fully saturated rings. The Bertz CT molecular complexity index is 681. The van der Waals surface area contributed by atoms with Crippen LogP contribution in [-0.4, -0.2) is 85.3 Å². The van der Waals surface area contributed by atoms with Crippen LogP contribution in [0, 0.1) is 5.82 Å². The average molecular weight is 392 g/mol. The van der Waals surface area contributed by atoms with E-state index in [4.69, 9.17) is 0 Å². The Kier molecular flexibility index (Phi) is 8.38. The van der Waals surface area contributed by atoms with Crippen LogP contribution in [0.1, 0.15) is 30.1 Å². The van der Waals surface area contributed by atoms with Crippen LogP contribution in [0.3, 0.4) is 0 Å². The minimum Gasteiger partial charge on any atom is -0.355 e. The summed E-state index contributed by atoms with van der Waals surface area (Å²) < 4.78 is 13.0. The number of hydrogen-bond donors (Lipinski definition) is 1. The first-order chi connectivity index (χ1) is 13.4. The Morgan fingerprint density at radius 1 is 1.11 bits per heavy atom. The molecule has 1 aromatic rings. The molecule has 0 saturated carbocycles. The first-order valence-corrected chi connectivity index (χ1v) is 9.68. The lowest BCUT2D eigenvalue weighted by Gasteiger charge is -2.24. The summed E-state index contributed by atoms with van der Waals surface area (Å²) in [6.45, 7) is 5.21. The summed E-state index contributed by atoms with van der Waals surface area (Å²) >= 11 is 0. The smallest absolute Gasteiger partial charge is 0.253 e. The van der Waals surface area contributed by atoms with Crippen molar-refractivity contribution in [3.05, 3.63) is 35.6 Å². The van der Waals surface area contributed by atoms with E-state index in [0.29, 0.717) is 38.3 Å². The molecule has 0 bridgehead atoms. The van der Waals surface area contributed by atoms with Crippen LogP contribution >= 0.6 is 0 Å². The molecular weight excluding hydrogens is 363 g/mol. The van der Waals surface area contributed by atoms with Crippen molar-refractivity contribution in [1.29, 1.82) is 0 Å². The van der Waals surface area contributed by atoms with E-state index in [0.717, 1.165) is 12.8 Å². The minimum absolute atomic E-state index is 0.0435. The van der Waals surface area contributed by atoms with Gasteiger partial charge in [-0.1, -0.05) is 6.92 Å². The number of amides is 3. The average Bonchev–Trinajstić information content (AvgIpc) is 2.92. The van der Waals surface area contributed by atoms with Gasteiger partial charge in [0.15, 0.2) is 0 Å². The van der Waals surface area contributed by atoms with Crippen molar-refractivity contribution in [2.45, 2.75) is 19.8 Å². The van der Waals surface area contributed by atoms with Gasteiger partial charge in [-0.2, -0.15) is 0 Å². The molecule has 3 amide bonds. The maximum atomic E-state index is 13.0. The van der Waals surface area contributed by atoms with E-state index in [2.05, 4.69) is 5.32 Å². The monoisotopic (exact) mass is 392 g/mol. The molecule has 1 N–H and O–H groups in total. The number of nitrogens with one attached hydrogen (secondary N) is 1. The van der Waals surface area contributed by atoms with E-state index in [9.17, 15) is 18.8 Å². The van der Waals surface area contributed by atoms with Gasteiger partial charge in [-0.15, -0.1) is 0 Å². The van der Waals surface area contributed by atoms with E-state index in [1.165, 1.54) is 29.2 Å². The highest BCUT2D eigenvalue weighted by atomic mass is 19.1. The van der Waals surface area contributed by atoms with Gasteiger partial charge in [0.25, 0.3) is 5.91 Å². The highest BCUT2D eigenvalue weighted by Gasteiger charge is 2.23. The molecule has 0 atom stereocenters. The predicted octanol–water partition coefficient (Wildman–Crippen LogP) is 0.958. The summed E-state index contributed by atoms with van der Waals surface area (Å²) in [6.07, 6.45) is 1.60. The normalized spacial score (nSPS) is 15.0. The molecular formula is C20H29FN4O3. The van der Waals surface area contributed by atoms with Crippen LogP contribution in [0.2, 0.25) is 0 Å². The predicted molar refractivity (Wildman–Crippen MR) is 104 cm³/mol. The summed E-state index contributed by atoms with van der Waals surface area (Å²) in [5, 5.41) is 2.75. The molecule has 0 spiro atoms. The molecule has 1 aliphatic rings. The van der Waals surface area contributed by atoms with Gasteiger partial charge in [0.1, 0.15) is 5.82 Å². The molecule has 2 rings (SSSR count). The van der Waals surface area contributed by atoms with Crippen molar-refractivity contribution in [2.75, 3.05) is 52.9 Å². The molecule has 1 heterocycles. The van der Waals surface area contributed by atoms with E-state index in [-0.39, 0.29) is 36.6 Å². The summed E-state index contributed by atoms with van der Waals surface area (Å²) in [5.41, 5.74) is 0.462. The summed E-state index contributed by atoms with van der Waals surface area (Å²) in [5.74, 6) is -0.780. The summed E-state index contributed by atoms with van der Waals surface area (Å²) in [6, 6.07) is 5.54. The number of likely N-dealkylation sites (N-methyl/N-ethyl adjacent to an activating group) is 1. The topological polar surface area (TPSA) is 73.0 Å². The molecule has 1 aliphatic heterocycles. The standard InChI is InChI=1S/C20H29FN4O3/c1-3-9-22-18(26)14-23(2)19(27)15-24-10-4-11-25(13-12-24)20(28)16-5-7-17(21)8-6-16/h5-8H,3-4,9-15H2,1-2H3,(H,22,26). The van der Waals surface area contributed by atoms with Gasteiger partial charge in [0, 0.05) is 45.3 Å². The maximum Gasteiger partial charge on any atom is 0.253 e. The number of hydrogen-bond acceptors (Lipinski definition) is 4. The van der Waals surface area contributed by atoms with Crippen molar-refractivity contribution < 1.29 is 18.8 Å². The zero-order chi connectivity index (χ0) is 20.5. The van der Waals surface area contributed by atoms with Crippen molar-refractivity contribution in [2.24, 2.45) is 0 Å². The van der Waals surface area contributed by atoms with Crippen molar-refractivity contribution in [1.82, 2.24) is 20.0 Å². The SMILES string of the molecule is CCCNC(=O)CN(C)C(=O)CN1CCCN(C(=O)c2ccc(F)cc2)CC1. The quantitative estimate of drug-likeness (QED) is 0.750. The molecule has 1 saturated heterocycles. The minimum atomic E-state index is -0.371. The molecule has 0 aromatic heterocycles. The van der Waals surface area contributed by atoms with Crippen LogP contribution < -0.4 is 5.32 Å². The van der Waals surface area contributed by atoms with Gasteiger partial charge in [-0.25, -0.2) is 4.39 Å². The molecule has 0 aliphatic carbocycles. The number of carbonyl (C=O) groups excluding carboxylic acids is 3. The maximum absolute atomic E-state index is 13.0. The van der Waals surface area contributed by atoms with Crippen LogP contribution in [0.15, 0.2) is 24.3 Å². The fourth-order valence-electron chi connectivity index (χ4n) is 3.04. The van der Waals surface area contributed by atoms with E-state index < -0.39 is 0 Å². The molecule has 7 nitrogen and oxygen atoms in total. The van der Waals surface area contributed by atoms with Gasteiger partial charge in [0.05, 0.1) is 13.1 Å². The van der Waals surface area contributed by atoms with Crippen LogP contribution in [-0.2, 0) is 9.59 Å². The van der Waals surface area contributed by atoms with Gasteiger partial charge >= 0.3 is 0 Å². The Labute approximate surface area is 165 Å². The number of nitrogens with zero attached hydrogens (tertiary/aromatic N) is 3. The second-order valence-electron chi connectivity index (χ2n) is 7.03. The van der Waals surface area contributed by atoms with Gasteiger partial charge < -0.3 is 15.1 Å². The highest BCUT2D eigenvalue weighted by molar-refractivity contribution is 5.94. The third-order valence-electron chi connectivity index (χ3n) is 4.70. The van der Waals surface area contributed by atoms with Crippen LogP contribution in [0.5, 0.6) is 0 Å². The first kappa shape index (κ1) is 21.8. The second kappa shape index (κ2) is 10.8. The fraction of sp³-hybridized carbons (Fsp3) is 0.550. The second-order valence-corrected chi connectivity index (χ2v) is 7.03. The molecule has 0 radical (unpaired) electrons. The molecule has 1 aromatic carbocycles. The zero-order valence-corrected chi connectivity index (χ0v) is 16.6. The number of carbonyl (C=O) groups is 3. The van der Waals surface area contributed by atoms with E-state index in [1.807, 2.05) is 11.8 Å². The van der Waals surface area contributed by atoms with Gasteiger partial charge in [-0.05, 0) is 37.1 Å². The van der Waals surface area contributed by atoms with Crippen molar-refractivity contribution in [3.63, 3.8) is 0 Å². The summed E-state index contributed by atoms with van der Waals surface area (Å²) in [7, 11) is 1.62. The van der Waals surface area contributed by atoms with Crippen molar-refractivity contribution in [3.8, 4) is 0 Å². The number of rotatable bonds is 7. The van der Waals surface area contributed by atoms with Crippen LogP contribution in [0.4, 0.5) is 4.39 Å². The van der Waals surface area contributed by atoms with Gasteiger partial charge in [-0.3, -0.25) is 19.3 Å². The van der Waals surface area contributed by atoms with Crippen LogP contribution in [0.25, 0.3) is 0 Å². The van der Waals surface area contributed by atoms with Crippen molar-refractivity contribution >= 4 is 17.7 Å².